The maximum absolute atomic E-state index is 13.5. The van der Waals surface area contributed by atoms with Gasteiger partial charge in [0.25, 0.3) is 0 Å². The summed E-state index contributed by atoms with van der Waals surface area (Å²) in [6.45, 7) is 7.54. The highest BCUT2D eigenvalue weighted by Crippen LogP contribution is 2.17. The van der Waals surface area contributed by atoms with Gasteiger partial charge in [0.15, 0.2) is 0 Å². The molecule has 1 heterocycles. The van der Waals surface area contributed by atoms with Crippen LogP contribution >= 0.6 is 11.3 Å². The number of carbonyl (C=O) groups is 3. The van der Waals surface area contributed by atoms with Crippen LogP contribution in [0.25, 0.3) is 0 Å². The molecule has 2 aromatic carbocycles. The highest BCUT2D eigenvalue weighted by molar-refractivity contribution is 7.09. The number of thiophene rings is 1. The van der Waals surface area contributed by atoms with E-state index in [1.165, 1.54) is 0 Å². The van der Waals surface area contributed by atoms with Gasteiger partial charge in [-0.2, -0.15) is 0 Å². The van der Waals surface area contributed by atoms with E-state index >= 15 is 0 Å². The average Bonchev–Trinajstić information content (AvgIpc) is 3.42. The molecular weight excluding hydrogens is 486 g/mol. The normalized spacial score (nSPS) is 11.4. The fraction of sp³-hybridized carbons (Fsp3) is 0.345. The SMILES string of the molecule is CCOC(=O)c1ccc(NC(=O)N(CC(=O)N(Cc2ccccc2)Cc2cccs2)CC(C)CC)cc1. The largest absolute Gasteiger partial charge is 0.462 e. The van der Waals surface area contributed by atoms with Crippen LogP contribution in [-0.2, 0) is 22.6 Å². The molecule has 8 heteroatoms. The van der Waals surface area contributed by atoms with E-state index in [4.69, 9.17) is 4.74 Å². The van der Waals surface area contributed by atoms with Gasteiger partial charge < -0.3 is 19.9 Å². The van der Waals surface area contributed by atoms with Gasteiger partial charge in [0.2, 0.25) is 5.91 Å². The second-order valence-electron chi connectivity index (χ2n) is 8.94. The fourth-order valence-corrected chi connectivity index (χ4v) is 4.44. The van der Waals surface area contributed by atoms with E-state index in [0.717, 1.165) is 16.9 Å². The van der Waals surface area contributed by atoms with Gasteiger partial charge in [0, 0.05) is 23.7 Å². The number of esters is 1. The highest BCUT2D eigenvalue weighted by Gasteiger charge is 2.23. The van der Waals surface area contributed by atoms with Gasteiger partial charge in [0.05, 0.1) is 18.7 Å². The van der Waals surface area contributed by atoms with Crippen LogP contribution in [-0.4, -0.2) is 47.4 Å². The van der Waals surface area contributed by atoms with E-state index in [-0.39, 0.29) is 24.4 Å². The Morgan fingerprint density at radius 3 is 2.27 bits per heavy atom. The molecule has 3 rings (SSSR count). The van der Waals surface area contributed by atoms with Crippen molar-refractivity contribution in [1.82, 2.24) is 9.80 Å². The molecule has 3 aromatic rings. The number of benzene rings is 2. The topological polar surface area (TPSA) is 79.0 Å². The molecule has 1 aromatic heterocycles. The molecule has 0 fully saturated rings. The van der Waals surface area contributed by atoms with Crippen molar-refractivity contribution in [2.45, 2.75) is 40.3 Å². The molecule has 1 atom stereocenters. The number of nitrogens with one attached hydrogen (secondary N) is 1. The average molecular weight is 522 g/mol. The number of anilines is 1. The fourth-order valence-electron chi connectivity index (χ4n) is 3.72. The van der Waals surface area contributed by atoms with Gasteiger partial charge in [0.1, 0.15) is 6.54 Å². The first-order valence-electron chi connectivity index (χ1n) is 12.6. The Hall–Kier alpha value is -3.65. The standard InChI is InChI=1S/C29H35N3O4S/c1-4-22(3)18-32(29(35)30-25-15-13-24(14-16-25)28(34)36-5-2)21-27(33)31(20-26-12-9-17-37-26)19-23-10-7-6-8-11-23/h6-17,22H,4-5,18-21H2,1-3H3,(H,30,35). The Labute approximate surface area is 223 Å². The molecule has 0 radical (unpaired) electrons. The lowest BCUT2D eigenvalue weighted by Crippen LogP contribution is -2.45. The molecule has 196 valence electrons. The molecule has 0 bridgehead atoms. The Morgan fingerprint density at radius 2 is 1.65 bits per heavy atom. The lowest BCUT2D eigenvalue weighted by Gasteiger charge is -2.29. The molecule has 0 spiro atoms. The number of hydrogen-bond donors (Lipinski definition) is 1. The molecule has 1 unspecified atom stereocenters. The van der Waals surface area contributed by atoms with Crippen LogP contribution in [0.3, 0.4) is 0 Å². The summed E-state index contributed by atoms with van der Waals surface area (Å²) in [6.07, 6.45) is 0.884. The van der Waals surface area contributed by atoms with Crippen LogP contribution in [0.1, 0.15) is 48.0 Å². The maximum atomic E-state index is 13.5. The first-order chi connectivity index (χ1) is 17.9. The molecule has 0 aliphatic heterocycles. The van der Waals surface area contributed by atoms with Crippen LogP contribution in [0, 0.1) is 5.92 Å². The van der Waals surface area contributed by atoms with Crippen molar-refractivity contribution in [3.05, 3.63) is 88.1 Å². The van der Waals surface area contributed by atoms with Gasteiger partial charge >= 0.3 is 12.0 Å². The van der Waals surface area contributed by atoms with Crippen molar-refractivity contribution < 1.29 is 19.1 Å². The van der Waals surface area contributed by atoms with Gasteiger partial charge in [-0.3, -0.25) is 4.79 Å². The number of amides is 3. The quantitative estimate of drug-likeness (QED) is 0.295. The monoisotopic (exact) mass is 521 g/mol. The zero-order chi connectivity index (χ0) is 26.6. The number of urea groups is 1. The minimum absolute atomic E-state index is 0.0324. The smallest absolute Gasteiger partial charge is 0.338 e. The van der Waals surface area contributed by atoms with Gasteiger partial charge in [-0.1, -0.05) is 56.7 Å². The number of rotatable bonds is 12. The lowest BCUT2D eigenvalue weighted by atomic mass is 10.1. The van der Waals surface area contributed by atoms with Crippen molar-refractivity contribution in [1.29, 1.82) is 0 Å². The third kappa shape index (κ3) is 8.75. The predicted octanol–water partition coefficient (Wildman–Crippen LogP) is 6.03. The molecule has 0 saturated heterocycles. The number of nitrogens with zero attached hydrogens (tertiary/aromatic N) is 2. The van der Waals surface area contributed by atoms with E-state index < -0.39 is 5.97 Å². The summed E-state index contributed by atoms with van der Waals surface area (Å²) in [4.78, 5) is 43.2. The molecule has 1 N–H and O–H groups in total. The Bertz CT molecular complexity index is 1130. The second-order valence-corrected chi connectivity index (χ2v) is 9.97. The van der Waals surface area contributed by atoms with E-state index in [9.17, 15) is 14.4 Å². The molecule has 37 heavy (non-hydrogen) atoms. The van der Waals surface area contributed by atoms with Gasteiger partial charge in [-0.25, -0.2) is 9.59 Å². The van der Waals surface area contributed by atoms with Crippen molar-refractivity contribution in [3.63, 3.8) is 0 Å². The summed E-state index contributed by atoms with van der Waals surface area (Å²) in [5.41, 5.74) is 1.99. The van der Waals surface area contributed by atoms with Crippen LogP contribution in [0.2, 0.25) is 0 Å². The molecular formula is C29H35N3O4S. The summed E-state index contributed by atoms with van der Waals surface area (Å²) in [5, 5.41) is 4.87. The molecule has 7 nitrogen and oxygen atoms in total. The highest BCUT2D eigenvalue weighted by atomic mass is 32.1. The van der Waals surface area contributed by atoms with E-state index in [1.54, 1.807) is 52.3 Å². The predicted molar refractivity (Wildman–Crippen MR) is 147 cm³/mol. The first-order valence-corrected chi connectivity index (χ1v) is 13.4. The van der Waals surface area contributed by atoms with Crippen LogP contribution in [0.4, 0.5) is 10.5 Å². The Morgan fingerprint density at radius 1 is 0.919 bits per heavy atom. The zero-order valence-electron chi connectivity index (χ0n) is 21.7. The number of carbonyl (C=O) groups excluding carboxylic acids is 3. The molecule has 3 amide bonds. The van der Waals surface area contributed by atoms with Crippen LogP contribution in [0.15, 0.2) is 72.1 Å². The van der Waals surface area contributed by atoms with Crippen molar-refractivity contribution >= 4 is 34.9 Å². The lowest BCUT2D eigenvalue weighted by molar-refractivity contribution is -0.133. The summed E-state index contributed by atoms with van der Waals surface area (Å²) in [5.74, 6) is -0.299. The van der Waals surface area contributed by atoms with Gasteiger partial charge in [-0.05, 0) is 54.1 Å². The van der Waals surface area contributed by atoms with Gasteiger partial charge in [-0.15, -0.1) is 11.3 Å². The maximum Gasteiger partial charge on any atom is 0.338 e. The van der Waals surface area contributed by atoms with Crippen molar-refractivity contribution in [3.8, 4) is 0 Å². The third-order valence-corrected chi connectivity index (χ3v) is 6.85. The van der Waals surface area contributed by atoms with E-state index in [2.05, 4.69) is 19.2 Å². The first kappa shape index (κ1) is 27.9. The minimum Gasteiger partial charge on any atom is -0.462 e. The summed E-state index contributed by atoms with van der Waals surface area (Å²) >= 11 is 1.61. The Balaban J connectivity index is 1.74. The summed E-state index contributed by atoms with van der Waals surface area (Å²) < 4.78 is 5.01. The number of ether oxygens (including phenoxy) is 1. The summed E-state index contributed by atoms with van der Waals surface area (Å²) in [6, 6.07) is 20.0. The zero-order valence-corrected chi connectivity index (χ0v) is 22.5. The number of hydrogen-bond acceptors (Lipinski definition) is 5. The minimum atomic E-state index is -0.409. The third-order valence-electron chi connectivity index (χ3n) is 5.99. The van der Waals surface area contributed by atoms with E-state index in [0.29, 0.717) is 37.5 Å². The Kier molecular flexibility index (Phi) is 10.7. The molecule has 0 aliphatic rings. The molecule has 0 aliphatic carbocycles. The summed E-state index contributed by atoms with van der Waals surface area (Å²) in [7, 11) is 0. The van der Waals surface area contributed by atoms with Crippen LogP contribution < -0.4 is 5.32 Å². The van der Waals surface area contributed by atoms with Crippen molar-refractivity contribution in [2.75, 3.05) is 25.0 Å². The van der Waals surface area contributed by atoms with Crippen molar-refractivity contribution in [2.24, 2.45) is 5.92 Å². The molecule has 0 saturated carbocycles. The van der Waals surface area contributed by atoms with E-state index in [1.807, 2.05) is 47.8 Å². The second kappa shape index (κ2) is 14.2. The van der Waals surface area contributed by atoms with Crippen LogP contribution in [0.5, 0.6) is 0 Å².